The molecule has 0 heterocycles. The zero-order valence-electron chi connectivity index (χ0n) is 15.8. The third kappa shape index (κ3) is 4.19. The molecule has 25 heavy (non-hydrogen) atoms. The minimum absolute atomic E-state index is 0.214. The summed E-state index contributed by atoms with van der Waals surface area (Å²) in [4.78, 5) is 11.7. The first-order valence-electron chi connectivity index (χ1n) is 8.51. The Bertz CT molecular complexity index is 519. The van der Waals surface area contributed by atoms with Crippen molar-refractivity contribution in [3.8, 4) is 0 Å². The van der Waals surface area contributed by atoms with Crippen LogP contribution in [-0.4, -0.2) is 40.2 Å². The molecule has 1 saturated carbocycles. The van der Waals surface area contributed by atoms with Crippen molar-refractivity contribution in [1.29, 1.82) is 0 Å². The molecule has 7 heteroatoms. The van der Waals surface area contributed by atoms with E-state index in [0.29, 0.717) is 26.2 Å². The Labute approximate surface area is 147 Å². The zero-order valence-corrected chi connectivity index (χ0v) is 15.8. The van der Waals surface area contributed by atoms with Gasteiger partial charge in [-0.2, -0.15) is 13.2 Å². The highest BCUT2D eigenvalue weighted by Gasteiger charge is 2.64. The number of carbonyl (C=O) groups is 1. The summed E-state index contributed by atoms with van der Waals surface area (Å²) in [5.74, 6) is -0.732. The van der Waals surface area contributed by atoms with Crippen molar-refractivity contribution in [2.24, 2.45) is 5.92 Å². The first-order valence-corrected chi connectivity index (χ1v) is 8.51. The number of rotatable bonds is 8. The molecule has 146 valence electrons. The van der Waals surface area contributed by atoms with Crippen LogP contribution < -0.4 is 0 Å². The second kappa shape index (κ2) is 6.91. The molecule has 1 aliphatic carbocycles. The Balaban J connectivity index is 3.01. The molecule has 0 bridgehead atoms. The number of ether oxygens (including phenoxy) is 2. The molecule has 0 aliphatic heterocycles. The molecule has 0 amide bonds. The van der Waals surface area contributed by atoms with E-state index in [-0.39, 0.29) is 11.5 Å². The van der Waals surface area contributed by atoms with Gasteiger partial charge in [-0.15, -0.1) is 0 Å². The first kappa shape index (κ1) is 22.0. The lowest BCUT2D eigenvalue weighted by Crippen LogP contribution is -2.62. The van der Waals surface area contributed by atoms with Crippen molar-refractivity contribution >= 4 is 5.97 Å². The van der Waals surface area contributed by atoms with Crippen LogP contribution in [0.2, 0.25) is 0 Å². The maximum atomic E-state index is 13.3. The van der Waals surface area contributed by atoms with Crippen LogP contribution in [0.1, 0.15) is 60.8 Å². The van der Waals surface area contributed by atoms with Gasteiger partial charge in [-0.05, 0) is 47.0 Å². The molecule has 3 unspecified atom stereocenters. The maximum absolute atomic E-state index is 13.3. The van der Waals surface area contributed by atoms with E-state index >= 15 is 0 Å². The average Bonchev–Trinajstić information content (AvgIpc) is 3.23. The maximum Gasteiger partial charge on any atom is 0.419 e. The molecule has 1 N–H and O–H groups in total. The van der Waals surface area contributed by atoms with Gasteiger partial charge < -0.3 is 14.6 Å². The molecule has 1 rings (SSSR count). The summed E-state index contributed by atoms with van der Waals surface area (Å²) >= 11 is 0. The van der Waals surface area contributed by atoms with Gasteiger partial charge in [0.05, 0.1) is 5.60 Å². The highest BCUT2D eigenvalue weighted by atomic mass is 19.4. The van der Waals surface area contributed by atoms with Gasteiger partial charge >= 0.3 is 12.1 Å². The number of aliphatic hydroxyl groups is 1. The number of alkyl halides is 3. The minimum Gasteiger partial charge on any atom is -0.459 e. The van der Waals surface area contributed by atoms with Crippen LogP contribution in [0.4, 0.5) is 13.2 Å². The van der Waals surface area contributed by atoms with Crippen molar-refractivity contribution in [2.45, 2.75) is 89.9 Å². The molecule has 0 spiro atoms. The lowest BCUT2D eigenvalue weighted by atomic mass is 9.83. The Morgan fingerprint density at radius 3 is 2.04 bits per heavy atom. The van der Waals surface area contributed by atoms with Crippen LogP contribution in [0.5, 0.6) is 0 Å². The van der Waals surface area contributed by atoms with Crippen LogP contribution in [0.15, 0.2) is 12.2 Å². The quantitative estimate of drug-likeness (QED) is 0.518. The number of esters is 1. The second-order valence-corrected chi connectivity index (χ2v) is 7.52. The summed E-state index contributed by atoms with van der Waals surface area (Å²) < 4.78 is 51.0. The fraction of sp³-hybridized carbons (Fsp3) is 0.833. The molecule has 1 fully saturated rings. The Morgan fingerprint density at radius 2 is 1.68 bits per heavy atom. The topological polar surface area (TPSA) is 55.8 Å². The van der Waals surface area contributed by atoms with Gasteiger partial charge in [-0.25, -0.2) is 4.79 Å². The minimum atomic E-state index is -4.83. The number of hydrogen-bond donors (Lipinski definition) is 1. The van der Waals surface area contributed by atoms with E-state index in [1.54, 1.807) is 0 Å². The van der Waals surface area contributed by atoms with E-state index < -0.39 is 35.1 Å². The summed E-state index contributed by atoms with van der Waals surface area (Å²) in [6.07, 6.45) is -3.85. The lowest BCUT2D eigenvalue weighted by Gasteiger charge is -2.47. The van der Waals surface area contributed by atoms with Crippen molar-refractivity contribution in [3.63, 3.8) is 0 Å². The van der Waals surface area contributed by atoms with Gasteiger partial charge in [0.1, 0.15) is 11.7 Å². The Hall–Kier alpha value is -1.08. The molecular weight excluding hydrogens is 337 g/mol. The van der Waals surface area contributed by atoms with E-state index in [0.717, 1.165) is 0 Å². The summed E-state index contributed by atoms with van der Waals surface area (Å²) in [5.41, 5.74) is -5.54. The predicted molar refractivity (Wildman–Crippen MR) is 88.0 cm³/mol. The molecular formula is C18H29F3O4. The van der Waals surface area contributed by atoms with Gasteiger partial charge in [-0.1, -0.05) is 20.4 Å². The summed E-state index contributed by atoms with van der Waals surface area (Å²) in [7, 11) is 0. The van der Waals surface area contributed by atoms with Crippen LogP contribution >= 0.6 is 0 Å². The lowest BCUT2D eigenvalue weighted by molar-refractivity contribution is -0.332. The second-order valence-electron chi connectivity index (χ2n) is 7.52. The van der Waals surface area contributed by atoms with Gasteiger partial charge in [0.15, 0.2) is 5.60 Å². The van der Waals surface area contributed by atoms with Gasteiger partial charge in [0.25, 0.3) is 0 Å². The van der Waals surface area contributed by atoms with Gasteiger partial charge in [-0.3, -0.25) is 0 Å². The normalized spacial score (nSPS) is 23.8. The van der Waals surface area contributed by atoms with Gasteiger partial charge in [0.2, 0.25) is 0 Å². The monoisotopic (exact) mass is 366 g/mol. The smallest absolute Gasteiger partial charge is 0.419 e. The zero-order chi connectivity index (χ0) is 19.8. The fourth-order valence-corrected chi connectivity index (χ4v) is 3.04. The third-order valence-electron chi connectivity index (χ3n) is 5.39. The van der Waals surface area contributed by atoms with Crippen molar-refractivity contribution in [3.05, 3.63) is 12.2 Å². The van der Waals surface area contributed by atoms with Crippen LogP contribution in [0.3, 0.4) is 0 Å². The van der Waals surface area contributed by atoms with E-state index in [1.807, 2.05) is 13.8 Å². The molecule has 0 saturated heterocycles. The molecule has 3 atom stereocenters. The average molecular weight is 366 g/mol. The van der Waals surface area contributed by atoms with Crippen LogP contribution in [0, 0.1) is 5.92 Å². The highest BCUT2D eigenvalue weighted by molar-refractivity contribution is 5.87. The highest BCUT2D eigenvalue weighted by Crippen LogP contribution is 2.52. The number of carbonyl (C=O) groups excluding carboxylic acids is 1. The number of hydrogen-bond acceptors (Lipinski definition) is 4. The summed E-state index contributed by atoms with van der Waals surface area (Å²) in [6, 6.07) is 0. The Morgan fingerprint density at radius 1 is 1.20 bits per heavy atom. The van der Waals surface area contributed by atoms with E-state index in [1.165, 1.54) is 20.8 Å². The summed E-state index contributed by atoms with van der Waals surface area (Å²) in [5, 5.41) is 10.1. The first-order chi connectivity index (χ1) is 11.1. The fourth-order valence-electron chi connectivity index (χ4n) is 3.04. The van der Waals surface area contributed by atoms with Gasteiger partial charge in [0, 0.05) is 11.5 Å². The SMILES string of the molecule is C=C(C)C(=O)OC1CC1C(CC)(CC)OC(C)(C)C(C)(O)C(F)(F)F. The van der Waals surface area contributed by atoms with E-state index in [2.05, 4.69) is 6.58 Å². The molecule has 1 aliphatic rings. The largest absolute Gasteiger partial charge is 0.459 e. The van der Waals surface area contributed by atoms with Crippen molar-refractivity contribution in [2.75, 3.05) is 0 Å². The molecule has 0 aromatic heterocycles. The Kier molecular flexibility index (Phi) is 6.07. The third-order valence-corrected chi connectivity index (χ3v) is 5.39. The summed E-state index contributed by atoms with van der Waals surface area (Å²) in [6.45, 7) is 11.9. The molecule has 4 nitrogen and oxygen atoms in total. The van der Waals surface area contributed by atoms with E-state index in [4.69, 9.17) is 9.47 Å². The van der Waals surface area contributed by atoms with E-state index in [9.17, 15) is 23.1 Å². The standard InChI is InChI=1S/C18H29F3O4/c1-8-17(9-2,12-10-13(12)24-14(22)11(3)4)25-15(5,6)16(7,23)18(19,20)21/h12-13,23H,3,8-10H2,1-2,4-7H3. The van der Waals surface area contributed by atoms with Crippen LogP contribution in [0.25, 0.3) is 0 Å². The molecule has 0 aromatic carbocycles. The predicted octanol–water partition coefficient (Wildman–Crippen LogP) is 4.16. The molecule has 0 radical (unpaired) electrons. The van der Waals surface area contributed by atoms with Crippen LogP contribution in [-0.2, 0) is 14.3 Å². The van der Waals surface area contributed by atoms with Crippen molar-refractivity contribution < 1.29 is 32.5 Å². The van der Waals surface area contributed by atoms with Crippen molar-refractivity contribution in [1.82, 2.24) is 0 Å². The molecule has 0 aromatic rings. The number of halogens is 3.